The lowest BCUT2D eigenvalue weighted by Crippen LogP contribution is -2.46. The van der Waals surface area contributed by atoms with E-state index >= 15 is 0 Å². The van der Waals surface area contributed by atoms with Crippen LogP contribution in [0.25, 0.3) is 0 Å². The van der Waals surface area contributed by atoms with E-state index in [2.05, 4.69) is 17.9 Å². The summed E-state index contributed by atoms with van der Waals surface area (Å²) in [5, 5.41) is 10.0. The highest BCUT2D eigenvalue weighted by atomic mass is 16.5. The molecule has 134 valence electrons. The molecule has 1 aromatic rings. The summed E-state index contributed by atoms with van der Waals surface area (Å²) in [6, 6.07) is 2.15. The maximum Gasteiger partial charge on any atom is 0.225 e. The van der Waals surface area contributed by atoms with Crippen LogP contribution in [0.3, 0.4) is 0 Å². The number of hydrogen-bond donors (Lipinski definition) is 1. The number of aromatic nitrogens is 2. The number of rotatable bonds is 7. The number of hydrogen-bond acceptors (Lipinski definition) is 5. The van der Waals surface area contributed by atoms with Crippen LogP contribution < -0.4 is 4.90 Å². The zero-order chi connectivity index (χ0) is 17.0. The lowest BCUT2D eigenvalue weighted by Gasteiger charge is -2.42. The van der Waals surface area contributed by atoms with Crippen molar-refractivity contribution in [2.45, 2.75) is 57.8 Å². The molecule has 1 saturated heterocycles. The van der Waals surface area contributed by atoms with Crippen molar-refractivity contribution in [1.82, 2.24) is 9.97 Å². The molecule has 1 aliphatic heterocycles. The summed E-state index contributed by atoms with van der Waals surface area (Å²) in [6.45, 7) is 4.89. The summed E-state index contributed by atoms with van der Waals surface area (Å²) >= 11 is 0. The minimum absolute atomic E-state index is 0.0412. The van der Waals surface area contributed by atoms with Crippen molar-refractivity contribution in [2.75, 3.05) is 38.3 Å². The Morgan fingerprint density at radius 3 is 2.83 bits per heavy atom. The summed E-state index contributed by atoms with van der Waals surface area (Å²) in [5.74, 6) is 1.49. The van der Waals surface area contributed by atoms with E-state index in [1.165, 1.54) is 25.0 Å². The second-order valence-electron chi connectivity index (χ2n) is 7.64. The molecule has 0 aromatic carbocycles. The molecule has 5 heteroatoms. The second kappa shape index (κ2) is 7.79. The van der Waals surface area contributed by atoms with E-state index in [1.807, 2.05) is 0 Å². The van der Waals surface area contributed by atoms with E-state index in [9.17, 15) is 5.11 Å². The summed E-state index contributed by atoms with van der Waals surface area (Å²) in [7, 11) is 1.74. The first-order chi connectivity index (χ1) is 11.7. The predicted molar refractivity (Wildman–Crippen MR) is 95.4 cm³/mol. The third-order valence-corrected chi connectivity index (χ3v) is 5.72. The molecule has 0 spiro atoms. The molecule has 0 radical (unpaired) electrons. The molecule has 3 rings (SSSR count). The monoisotopic (exact) mass is 333 g/mol. The van der Waals surface area contributed by atoms with Crippen LogP contribution in [0.5, 0.6) is 0 Å². The van der Waals surface area contributed by atoms with E-state index in [-0.39, 0.29) is 12.0 Å². The van der Waals surface area contributed by atoms with E-state index in [1.54, 1.807) is 7.11 Å². The molecule has 24 heavy (non-hydrogen) atoms. The van der Waals surface area contributed by atoms with Crippen LogP contribution >= 0.6 is 0 Å². The average molecular weight is 333 g/mol. The Labute approximate surface area is 145 Å². The highest BCUT2D eigenvalue weighted by Crippen LogP contribution is 2.38. The van der Waals surface area contributed by atoms with Crippen LogP contribution in [0.15, 0.2) is 6.07 Å². The first-order valence-corrected chi connectivity index (χ1v) is 9.36. The maximum atomic E-state index is 10.0. The quantitative estimate of drug-likeness (QED) is 0.777. The molecule has 1 atom stereocenters. The first kappa shape index (κ1) is 17.6. The van der Waals surface area contributed by atoms with Crippen molar-refractivity contribution in [3.8, 4) is 0 Å². The molecule has 1 unspecified atom stereocenters. The van der Waals surface area contributed by atoms with Gasteiger partial charge < -0.3 is 14.7 Å². The number of piperidine rings is 1. The molecule has 1 aromatic heterocycles. The fourth-order valence-corrected chi connectivity index (χ4v) is 4.01. The fourth-order valence-electron chi connectivity index (χ4n) is 4.01. The van der Waals surface area contributed by atoms with Crippen molar-refractivity contribution in [2.24, 2.45) is 5.41 Å². The molecular formula is C19H31N3O2. The van der Waals surface area contributed by atoms with Gasteiger partial charge in [0.15, 0.2) is 0 Å². The number of ether oxygens (including phenoxy) is 1. The van der Waals surface area contributed by atoms with Gasteiger partial charge in [0.2, 0.25) is 5.95 Å². The second-order valence-corrected chi connectivity index (χ2v) is 7.64. The SMILES string of the molecule is COCCCC1(CO)CCCN(c2nc(C)cc(C3CCC3)n2)C1. The molecule has 0 amide bonds. The van der Waals surface area contributed by atoms with E-state index < -0.39 is 0 Å². The summed E-state index contributed by atoms with van der Waals surface area (Å²) in [6.07, 6.45) is 7.98. The van der Waals surface area contributed by atoms with Gasteiger partial charge in [-0.1, -0.05) is 6.42 Å². The summed E-state index contributed by atoms with van der Waals surface area (Å²) in [5.41, 5.74) is 2.23. The van der Waals surface area contributed by atoms with Crippen LogP contribution in [-0.4, -0.2) is 48.5 Å². The van der Waals surface area contributed by atoms with Crippen molar-refractivity contribution in [1.29, 1.82) is 0 Å². The Morgan fingerprint density at radius 1 is 1.33 bits per heavy atom. The third-order valence-electron chi connectivity index (χ3n) is 5.72. The molecule has 2 fully saturated rings. The number of aliphatic hydroxyl groups is 1. The fraction of sp³-hybridized carbons (Fsp3) is 0.789. The van der Waals surface area contributed by atoms with Gasteiger partial charge in [-0.05, 0) is 51.5 Å². The zero-order valence-corrected chi connectivity index (χ0v) is 15.1. The van der Waals surface area contributed by atoms with Gasteiger partial charge in [0.05, 0.1) is 6.61 Å². The smallest absolute Gasteiger partial charge is 0.225 e. The van der Waals surface area contributed by atoms with Crippen molar-refractivity contribution < 1.29 is 9.84 Å². The number of nitrogens with zero attached hydrogens (tertiary/aromatic N) is 3. The molecule has 2 aliphatic rings. The van der Waals surface area contributed by atoms with Crippen molar-refractivity contribution in [3.05, 3.63) is 17.5 Å². The van der Waals surface area contributed by atoms with Gasteiger partial charge >= 0.3 is 0 Å². The van der Waals surface area contributed by atoms with Gasteiger partial charge in [-0.3, -0.25) is 0 Å². The summed E-state index contributed by atoms with van der Waals surface area (Å²) in [4.78, 5) is 11.9. The molecular weight excluding hydrogens is 302 g/mol. The van der Waals surface area contributed by atoms with Gasteiger partial charge in [-0.2, -0.15) is 0 Å². The number of anilines is 1. The Kier molecular flexibility index (Phi) is 5.72. The average Bonchev–Trinajstić information content (AvgIpc) is 2.53. The highest BCUT2D eigenvalue weighted by Gasteiger charge is 2.36. The standard InChI is InChI=1S/C19H31N3O2/c1-15-12-17(16-6-3-7-16)21-18(20-15)22-10-4-8-19(13-22,14-23)9-5-11-24-2/h12,16,23H,3-11,13-14H2,1-2H3. The third kappa shape index (κ3) is 3.89. The Balaban J connectivity index is 1.74. The van der Waals surface area contributed by atoms with Crippen molar-refractivity contribution in [3.63, 3.8) is 0 Å². The van der Waals surface area contributed by atoms with E-state index in [0.717, 1.165) is 57.0 Å². The van der Waals surface area contributed by atoms with Crippen LogP contribution in [0, 0.1) is 12.3 Å². The van der Waals surface area contributed by atoms with Crippen LogP contribution in [0.4, 0.5) is 5.95 Å². The van der Waals surface area contributed by atoms with Gasteiger partial charge in [0.25, 0.3) is 0 Å². The molecule has 1 saturated carbocycles. The van der Waals surface area contributed by atoms with Crippen LogP contribution in [0.2, 0.25) is 0 Å². The normalized spacial score (nSPS) is 24.9. The minimum Gasteiger partial charge on any atom is -0.396 e. The van der Waals surface area contributed by atoms with Gasteiger partial charge in [0, 0.05) is 49.5 Å². The molecule has 5 nitrogen and oxygen atoms in total. The van der Waals surface area contributed by atoms with Gasteiger partial charge in [-0.25, -0.2) is 9.97 Å². The lowest BCUT2D eigenvalue weighted by molar-refractivity contribution is 0.0818. The van der Waals surface area contributed by atoms with Crippen LogP contribution in [0.1, 0.15) is 62.3 Å². The number of methoxy groups -OCH3 is 1. The van der Waals surface area contributed by atoms with E-state index in [0.29, 0.717) is 5.92 Å². The predicted octanol–water partition coefficient (Wildman–Crippen LogP) is 3.06. The molecule has 1 aliphatic carbocycles. The Bertz CT molecular complexity index is 547. The highest BCUT2D eigenvalue weighted by molar-refractivity contribution is 5.35. The van der Waals surface area contributed by atoms with Crippen molar-refractivity contribution >= 4 is 5.95 Å². The van der Waals surface area contributed by atoms with E-state index in [4.69, 9.17) is 14.7 Å². The van der Waals surface area contributed by atoms with Gasteiger partial charge in [0.1, 0.15) is 0 Å². The lowest BCUT2D eigenvalue weighted by atomic mass is 9.77. The molecule has 0 bridgehead atoms. The molecule has 2 heterocycles. The largest absolute Gasteiger partial charge is 0.396 e. The maximum absolute atomic E-state index is 10.0. The number of aryl methyl sites for hydroxylation is 1. The summed E-state index contributed by atoms with van der Waals surface area (Å²) < 4.78 is 5.19. The molecule has 1 N–H and O–H groups in total. The van der Waals surface area contributed by atoms with Gasteiger partial charge in [-0.15, -0.1) is 0 Å². The van der Waals surface area contributed by atoms with Crippen LogP contribution in [-0.2, 0) is 4.74 Å². The topological polar surface area (TPSA) is 58.5 Å². The Hall–Kier alpha value is -1.20. The first-order valence-electron chi connectivity index (χ1n) is 9.36. The Morgan fingerprint density at radius 2 is 2.17 bits per heavy atom. The minimum atomic E-state index is -0.0412. The number of aliphatic hydroxyl groups excluding tert-OH is 1. The zero-order valence-electron chi connectivity index (χ0n) is 15.1.